The van der Waals surface area contributed by atoms with E-state index in [1.807, 2.05) is 13.8 Å². The summed E-state index contributed by atoms with van der Waals surface area (Å²) in [7, 11) is -3.44. The minimum Gasteiger partial charge on any atom is -0.295 e. The Balaban J connectivity index is 1.31. The van der Waals surface area contributed by atoms with Crippen LogP contribution in [0.4, 0.5) is 0 Å². The second-order valence-electron chi connectivity index (χ2n) is 9.44. The van der Waals surface area contributed by atoms with Gasteiger partial charge in [0.05, 0.1) is 11.9 Å². The molecular formula is C20H32N4O2S. The smallest absolute Gasteiger partial charge is 0.246 e. The number of aromatic nitrogens is 2. The molecule has 0 radical (unpaired) electrons. The number of piperazine rings is 1. The topological polar surface area (TPSA) is 58.4 Å². The summed E-state index contributed by atoms with van der Waals surface area (Å²) in [6.45, 7) is 7.53. The molecule has 27 heavy (non-hydrogen) atoms. The van der Waals surface area contributed by atoms with Crippen molar-refractivity contribution in [3.63, 3.8) is 0 Å². The summed E-state index contributed by atoms with van der Waals surface area (Å²) in [6, 6.07) is 0. The molecule has 4 bridgehead atoms. The lowest BCUT2D eigenvalue weighted by atomic mass is 9.52. The summed E-state index contributed by atoms with van der Waals surface area (Å²) in [5.41, 5.74) is 1.13. The molecule has 4 saturated carbocycles. The fraction of sp³-hybridized carbons (Fsp3) is 0.850. The Morgan fingerprint density at radius 1 is 1.04 bits per heavy atom. The van der Waals surface area contributed by atoms with E-state index in [1.54, 1.807) is 8.99 Å². The first-order valence-electron chi connectivity index (χ1n) is 10.7. The van der Waals surface area contributed by atoms with Crippen molar-refractivity contribution in [1.82, 2.24) is 19.0 Å². The Hall–Kier alpha value is -0.920. The van der Waals surface area contributed by atoms with Crippen molar-refractivity contribution < 1.29 is 8.42 Å². The van der Waals surface area contributed by atoms with E-state index in [1.165, 1.54) is 44.7 Å². The maximum Gasteiger partial charge on any atom is 0.246 e. The average molecular weight is 393 g/mol. The highest BCUT2D eigenvalue weighted by molar-refractivity contribution is 7.89. The average Bonchev–Trinajstić information content (AvgIpc) is 3.02. The Bertz CT molecular complexity index is 788. The summed E-state index contributed by atoms with van der Waals surface area (Å²) in [5.74, 6) is 2.79. The molecule has 1 saturated heterocycles. The second-order valence-corrected chi connectivity index (χ2v) is 11.3. The molecule has 0 atom stereocenters. The molecule has 5 fully saturated rings. The van der Waals surface area contributed by atoms with Crippen LogP contribution in [0.1, 0.15) is 51.1 Å². The third-order valence-electron chi connectivity index (χ3n) is 7.89. The van der Waals surface area contributed by atoms with Crippen molar-refractivity contribution in [3.8, 4) is 0 Å². The molecule has 4 aliphatic carbocycles. The number of rotatable bonds is 4. The highest BCUT2D eigenvalue weighted by Crippen LogP contribution is 2.57. The van der Waals surface area contributed by atoms with Gasteiger partial charge in [0.2, 0.25) is 10.0 Å². The largest absolute Gasteiger partial charge is 0.295 e. The molecule has 0 N–H and O–H groups in total. The fourth-order valence-electron chi connectivity index (χ4n) is 7.00. The number of hydrogen-bond acceptors (Lipinski definition) is 4. The highest BCUT2D eigenvalue weighted by Gasteiger charge is 2.54. The fourth-order valence-corrected chi connectivity index (χ4v) is 8.58. The quantitative estimate of drug-likeness (QED) is 0.790. The molecule has 7 heteroatoms. The molecule has 1 aromatic heterocycles. The normalized spacial score (nSPS) is 37.2. The minimum atomic E-state index is -3.44. The van der Waals surface area contributed by atoms with Gasteiger partial charge < -0.3 is 0 Å². The first-order chi connectivity index (χ1) is 12.9. The predicted molar refractivity (Wildman–Crippen MR) is 104 cm³/mol. The van der Waals surface area contributed by atoms with Crippen molar-refractivity contribution in [3.05, 3.63) is 11.9 Å². The second kappa shape index (κ2) is 6.29. The lowest BCUT2D eigenvalue weighted by molar-refractivity contribution is -0.0964. The van der Waals surface area contributed by atoms with Crippen molar-refractivity contribution in [2.24, 2.45) is 17.8 Å². The maximum atomic E-state index is 13.1. The van der Waals surface area contributed by atoms with Gasteiger partial charge in [-0.3, -0.25) is 9.58 Å². The van der Waals surface area contributed by atoms with Crippen molar-refractivity contribution in [1.29, 1.82) is 0 Å². The Morgan fingerprint density at radius 2 is 1.59 bits per heavy atom. The summed E-state index contributed by atoms with van der Waals surface area (Å²) in [4.78, 5) is 3.05. The van der Waals surface area contributed by atoms with Crippen LogP contribution < -0.4 is 0 Å². The lowest BCUT2D eigenvalue weighted by Crippen LogP contribution is -2.64. The van der Waals surface area contributed by atoms with Crippen LogP contribution in [0.2, 0.25) is 0 Å². The third-order valence-corrected chi connectivity index (χ3v) is 9.89. The highest BCUT2D eigenvalue weighted by atomic mass is 32.2. The zero-order valence-electron chi connectivity index (χ0n) is 16.6. The van der Waals surface area contributed by atoms with E-state index >= 15 is 0 Å². The monoisotopic (exact) mass is 392 g/mol. The van der Waals surface area contributed by atoms with Crippen LogP contribution in [0.3, 0.4) is 0 Å². The van der Waals surface area contributed by atoms with Crippen LogP contribution in [-0.2, 0) is 16.6 Å². The molecule has 5 aliphatic rings. The van der Waals surface area contributed by atoms with Gasteiger partial charge in [-0.1, -0.05) is 0 Å². The molecule has 0 aromatic carbocycles. The molecule has 0 amide bonds. The third kappa shape index (κ3) is 2.80. The van der Waals surface area contributed by atoms with Crippen molar-refractivity contribution >= 4 is 10.0 Å². The van der Waals surface area contributed by atoms with Crippen LogP contribution in [-0.4, -0.2) is 59.1 Å². The van der Waals surface area contributed by atoms with Gasteiger partial charge in [-0.05, 0) is 70.1 Å². The maximum absolute atomic E-state index is 13.1. The molecule has 150 valence electrons. The molecule has 2 heterocycles. The van der Waals surface area contributed by atoms with E-state index in [4.69, 9.17) is 0 Å². The van der Waals surface area contributed by atoms with Crippen LogP contribution in [0.25, 0.3) is 0 Å². The zero-order valence-corrected chi connectivity index (χ0v) is 17.4. The molecule has 0 spiro atoms. The Morgan fingerprint density at radius 3 is 2.07 bits per heavy atom. The molecule has 6 nitrogen and oxygen atoms in total. The van der Waals surface area contributed by atoms with Crippen molar-refractivity contribution in [2.45, 2.75) is 69.4 Å². The van der Waals surface area contributed by atoms with Crippen LogP contribution in [0, 0.1) is 24.7 Å². The SMILES string of the molecule is CCn1ncc(S(=O)(=O)N2CCN(C34CC5CC(CC(C5)C3)C4)CC2)c1C. The molecular weight excluding hydrogens is 360 g/mol. The van der Waals surface area contributed by atoms with E-state index in [0.717, 1.165) is 36.5 Å². The van der Waals surface area contributed by atoms with Crippen LogP contribution >= 0.6 is 0 Å². The zero-order chi connectivity index (χ0) is 18.8. The number of sulfonamides is 1. The summed E-state index contributed by atoms with van der Waals surface area (Å²) < 4.78 is 29.7. The Labute approximate surface area is 162 Å². The molecule has 1 aromatic rings. The van der Waals surface area contributed by atoms with E-state index in [0.29, 0.717) is 30.1 Å². The minimum absolute atomic E-state index is 0.382. The van der Waals surface area contributed by atoms with E-state index < -0.39 is 10.0 Å². The predicted octanol–water partition coefficient (Wildman–Crippen LogP) is 2.49. The number of aryl methyl sites for hydroxylation is 1. The van der Waals surface area contributed by atoms with E-state index in [2.05, 4.69) is 10.00 Å². The van der Waals surface area contributed by atoms with Crippen LogP contribution in [0.15, 0.2) is 11.1 Å². The van der Waals surface area contributed by atoms with Crippen LogP contribution in [0.5, 0.6) is 0 Å². The van der Waals surface area contributed by atoms with Gasteiger partial charge in [0.1, 0.15) is 4.90 Å². The lowest BCUT2D eigenvalue weighted by Gasteiger charge is -2.61. The van der Waals surface area contributed by atoms with Gasteiger partial charge in [0, 0.05) is 38.3 Å². The molecule has 6 rings (SSSR count). The summed E-state index contributed by atoms with van der Waals surface area (Å²) in [6.07, 6.45) is 9.95. The molecule has 1 aliphatic heterocycles. The first-order valence-corrected chi connectivity index (χ1v) is 12.1. The number of nitrogens with zero attached hydrogens (tertiary/aromatic N) is 4. The Kier molecular flexibility index (Phi) is 4.22. The molecule has 0 unspecified atom stereocenters. The standard InChI is InChI=1S/C20H32N4O2S/c1-3-24-15(2)19(14-21-24)27(25,26)23-6-4-22(5-7-23)20-11-16-8-17(12-20)10-18(9-16)13-20/h14,16-18H,3-13H2,1-2H3. The number of hydrogen-bond donors (Lipinski definition) is 0. The van der Waals surface area contributed by atoms with Gasteiger partial charge >= 0.3 is 0 Å². The van der Waals surface area contributed by atoms with Gasteiger partial charge in [0.25, 0.3) is 0 Å². The van der Waals surface area contributed by atoms with E-state index in [9.17, 15) is 8.42 Å². The van der Waals surface area contributed by atoms with E-state index in [-0.39, 0.29) is 0 Å². The van der Waals surface area contributed by atoms with Gasteiger partial charge in [-0.15, -0.1) is 0 Å². The van der Waals surface area contributed by atoms with Gasteiger partial charge in [0.15, 0.2) is 0 Å². The van der Waals surface area contributed by atoms with Gasteiger partial charge in [-0.2, -0.15) is 9.40 Å². The first kappa shape index (κ1) is 18.1. The van der Waals surface area contributed by atoms with Crippen molar-refractivity contribution in [2.75, 3.05) is 26.2 Å². The summed E-state index contributed by atoms with van der Waals surface area (Å²) >= 11 is 0. The summed E-state index contributed by atoms with van der Waals surface area (Å²) in [5, 5.41) is 4.24. The van der Waals surface area contributed by atoms with Gasteiger partial charge in [-0.25, -0.2) is 8.42 Å².